The zero-order valence-corrected chi connectivity index (χ0v) is 11.3. The maximum absolute atomic E-state index is 11.0. The van der Waals surface area contributed by atoms with Gasteiger partial charge in [0.15, 0.2) is 0 Å². The average Bonchev–Trinajstić information content (AvgIpc) is 2.93. The number of anilines is 1. The van der Waals surface area contributed by atoms with E-state index < -0.39 is 5.97 Å². The van der Waals surface area contributed by atoms with Crippen LogP contribution in [0.1, 0.15) is 5.76 Å². The van der Waals surface area contributed by atoms with Crippen molar-refractivity contribution in [3.63, 3.8) is 0 Å². The third kappa shape index (κ3) is 3.00. The van der Waals surface area contributed by atoms with Crippen molar-refractivity contribution in [3.05, 3.63) is 42.2 Å². The summed E-state index contributed by atoms with van der Waals surface area (Å²) < 4.78 is 15.2. The number of methoxy groups -OCH3 is 2. The molecular weight excluding hydrogens is 258 g/mol. The zero-order chi connectivity index (χ0) is 14.5. The van der Waals surface area contributed by atoms with Gasteiger partial charge in [0.2, 0.25) is 0 Å². The third-order valence-electron chi connectivity index (χ3n) is 2.73. The Hall–Kier alpha value is -2.69. The summed E-state index contributed by atoms with van der Waals surface area (Å²) in [6, 6.07) is 8.96. The molecule has 2 N–H and O–H groups in total. The highest BCUT2D eigenvalue weighted by molar-refractivity contribution is 5.86. The van der Waals surface area contributed by atoms with E-state index in [1.165, 1.54) is 13.2 Å². The zero-order valence-electron chi connectivity index (χ0n) is 11.3. The number of nitrogen functional groups attached to an aromatic ring is 1. The highest BCUT2D eigenvalue weighted by Crippen LogP contribution is 2.29. The van der Waals surface area contributed by atoms with Gasteiger partial charge in [0.25, 0.3) is 0 Å². The molecule has 0 aliphatic heterocycles. The molecule has 1 aromatic heterocycles. The largest absolute Gasteiger partial charge is 0.495 e. The molecule has 20 heavy (non-hydrogen) atoms. The summed E-state index contributed by atoms with van der Waals surface area (Å²) in [6.07, 6.45) is 2.84. The van der Waals surface area contributed by atoms with E-state index in [9.17, 15) is 4.79 Å². The number of furan rings is 1. The first-order valence-corrected chi connectivity index (χ1v) is 5.94. The van der Waals surface area contributed by atoms with Gasteiger partial charge in [0, 0.05) is 11.6 Å². The maximum atomic E-state index is 11.0. The first kappa shape index (κ1) is 13.7. The van der Waals surface area contributed by atoms with Crippen molar-refractivity contribution in [2.45, 2.75) is 0 Å². The molecule has 1 aromatic carbocycles. The van der Waals surface area contributed by atoms with Crippen LogP contribution in [0.3, 0.4) is 0 Å². The van der Waals surface area contributed by atoms with E-state index in [1.54, 1.807) is 37.5 Å². The van der Waals surface area contributed by atoms with Crippen molar-refractivity contribution in [3.8, 4) is 17.1 Å². The lowest BCUT2D eigenvalue weighted by Gasteiger charge is -2.05. The Morgan fingerprint density at radius 2 is 2.05 bits per heavy atom. The van der Waals surface area contributed by atoms with Crippen molar-refractivity contribution in [1.29, 1.82) is 0 Å². The van der Waals surface area contributed by atoms with E-state index >= 15 is 0 Å². The first-order chi connectivity index (χ1) is 9.63. The molecule has 0 spiro atoms. The molecule has 0 amide bonds. The molecule has 0 radical (unpaired) electrons. The number of esters is 1. The van der Waals surface area contributed by atoms with Gasteiger partial charge in [-0.2, -0.15) is 0 Å². The molecule has 104 valence electrons. The van der Waals surface area contributed by atoms with Crippen molar-refractivity contribution in [2.24, 2.45) is 0 Å². The Morgan fingerprint density at radius 3 is 2.70 bits per heavy atom. The highest BCUT2D eigenvalue weighted by Gasteiger charge is 2.06. The van der Waals surface area contributed by atoms with Gasteiger partial charge < -0.3 is 19.6 Å². The van der Waals surface area contributed by atoms with Crippen molar-refractivity contribution >= 4 is 17.7 Å². The minimum absolute atomic E-state index is 0.434. The molecular formula is C15H15NO4. The second-order valence-corrected chi connectivity index (χ2v) is 4.02. The fraction of sp³-hybridized carbons (Fsp3) is 0.133. The third-order valence-corrected chi connectivity index (χ3v) is 2.73. The molecule has 0 bridgehead atoms. The molecule has 1 heterocycles. The normalized spacial score (nSPS) is 10.7. The van der Waals surface area contributed by atoms with Gasteiger partial charge >= 0.3 is 5.97 Å². The molecule has 0 aliphatic rings. The van der Waals surface area contributed by atoms with Gasteiger partial charge in [-0.05, 0) is 36.4 Å². The summed E-state index contributed by atoms with van der Waals surface area (Å²) in [5.74, 6) is 1.39. The highest BCUT2D eigenvalue weighted by atomic mass is 16.5. The lowest BCUT2D eigenvalue weighted by molar-refractivity contribution is -0.134. The standard InChI is InChI=1S/C15H15NO4/c1-18-14-6-3-10(9-12(14)16)13-7-4-11(20-13)5-8-15(17)19-2/h3-9H,16H2,1-2H3/b8-5+. The number of hydrogen-bond acceptors (Lipinski definition) is 5. The van der Waals surface area contributed by atoms with Crippen LogP contribution in [0.4, 0.5) is 5.69 Å². The molecule has 0 unspecified atom stereocenters. The number of nitrogens with two attached hydrogens (primary N) is 1. The van der Waals surface area contributed by atoms with Crippen molar-refractivity contribution in [1.82, 2.24) is 0 Å². The molecule has 0 aliphatic carbocycles. The Kier molecular flexibility index (Phi) is 4.10. The lowest BCUT2D eigenvalue weighted by Crippen LogP contribution is -1.92. The summed E-state index contributed by atoms with van der Waals surface area (Å²) in [6.45, 7) is 0. The minimum atomic E-state index is -0.434. The van der Waals surface area contributed by atoms with Crippen LogP contribution < -0.4 is 10.5 Å². The SMILES string of the molecule is COC(=O)/C=C/c1ccc(-c2ccc(OC)c(N)c2)o1. The van der Waals surface area contributed by atoms with Crippen LogP contribution in [-0.2, 0) is 9.53 Å². The smallest absolute Gasteiger partial charge is 0.330 e. The number of hydrogen-bond donors (Lipinski definition) is 1. The molecule has 5 nitrogen and oxygen atoms in total. The first-order valence-electron chi connectivity index (χ1n) is 5.94. The maximum Gasteiger partial charge on any atom is 0.330 e. The van der Waals surface area contributed by atoms with Crippen LogP contribution in [0, 0.1) is 0 Å². The van der Waals surface area contributed by atoms with E-state index in [0.29, 0.717) is 23.0 Å². The summed E-state index contributed by atoms with van der Waals surface area (Å²) >= 11 is 0. The molecule has 2 rings (SSSR count). The van der Waals surface area contributed by atoms with E-state index in [2.05, 4.69) is 4.74 Å². The van der Waals surface area contributed by atoms with Crippen LogP contribution in [0.2, 0.25) is 0 Å². The van der Waals surface area contributed by atoms with Gasteiger partial charge in [-0.1, -0.05) is 0 Å². The fourth-order valence-corrected chi connectivity index (χ4v) is 1.70. The molecule has 0 fully saturated rings. The number of rotatable bonds is 4. The van der Waals surface area contributed by atoms with E-state index in [-0.39, 0.29) is 0 Å². The number of ether oxygens (including phenoxy) is 2. The topological polar surface area (TPSA) is 74.7 Å². The summed E-state index contributed by atoms with van der Waals surface area (Å²) in [5, 5.41) is 0. The second-order valence-electron chi connectivity index (χ2n) is 4.02. The summed E-state index contributed by atoms with van der Waals surface area (Å²) in [7, 11) is 2.88. The summed E-state index contributed by atoms with van der Waals surface area (Å²) in [4.78, 5) is 11.0. The Labute approximate surface area is 116 Å². The van der Waals surface area contributed by atoms with Gasteiger partial charge in [0.05, 0.1) is 19.9 Å². The van der Waals surface area contributed by atoms with E-state index in [1.807, 2.05) is 6.07 Å². The predicted octanol–water partition coefficient (Wildman–Crippen LogP) is 2.72. The van der Waals surface area contributed by atoms with E-state index in [4.69, 9.17) is 14.9 Å². The van der Waals surface area contributed by atoms with Gasteiger partial charge in [-0.3, -0.25) is 0 Å². The number of benzene rings is 1. The van der Waals surface area contributed by atoms with Gasteiger partial charge in [0.1, 0.15) is 17.3 Å². The molecule has 2 aromatic rings. The van der Waals surface area contributed by atoms with Crippen LogP contribution in [0.15, 0.2) is 40.8 Å². The number of carbonyl (C=O) groups is 1. The predicted molar refractivity (Wildman–Crippen MR) is 76.2 cm³/mol. The van der Waals surface area contributed by atoms with Gasteiger partial charge in [-0.15, -0.1) is 0 Å². The van der Waals surface area contributed by atoms with Crippen LogP contribution in [-0.4, -0.2) is 20.2 Å². The quantitative estimate of drug-likeness (QED) is 0.526. The Balaban J connectivity index is 2.22. The Morgan fingerprint density at radius 1 is 1.25 bits per heavy atom. The van der Waals surface area contributed by atoms with Crippen LogP contribution in [0.25, 0.3) is 17.4 Å². The second kappa shape index (κ2) is 5.97. The van der Waals surface area contributed by atoms with E-state index in [0.717, 1.165) is 5.56 Å². The molecule has 5 heteroatoms. The summed E-state index contributed by atoms with van der Waals surface area (Å²) in [5.41, 5.74) is 7.22. The van der Waals surface area contributed by atoms with Crippen LogP contribution in [0.5, 0.6) is 5.75 Å². The fourth-order valence-electron chi connectivity index (χ4n) is 1.70. The van der Waals surface area contributed by atoms with Gasteiger partial charge in [-0.25, -0.2) is 4.79 Å². The van der Waals surface area contributed by atoms with Crippen molar-refractivity contribution < 1.29 is 18.7 Å². The molecule has 0 saturated carbocycles. The molecule has 0 atom stereocenters. The van der Waals surface area contributed by atoms with Crippen molar-refractivity contribution in [2.75, 3.05) is 20.0 Å². The molecule has 0 saturated heterocycles. The average molecular weight is 273 g/mol. The lowest BCUT2D eigenvalue weighted by atomic mass is 10.1. The Bertz CT molecular complexity index is 643. The monoisotopic (exact) mass is 273 g/mol. The van der Waals surface area contributed by atoms with Crippen LogP contribution >= 0.6 is 0 Å². The number of carbonyl (C=O) groups excluding carboxylic acids is 1. The minimum Gasteiger partial charge on any atom is -0.495 e.